The lowest BCUT2D eigenvalue weighted by atomic mass is 10.0. The number of nitrogens with one attached hydrogen (secondary N) is 1. The van der Waals surface area contributed by atoms with Crippen LogP contribution in [0.2, 0.25) is 0 Å². The van der Waals surface area contributed by atoms with Crippen molar-refractivity contribution in [2.24, 2.45) is 11.7 Å². The summed E-state index contributed by atoms with van der Waals surface area (Å²) in [6, 6.07) is 8.73. The molecule has 0 aliphatic heterocycles. The number of hydrogen-bond donors (Lipinski definition) is 2. The molecule has 4 heteroatoms. The number of hydrogen-bond acceptors (Lipinski definition) is 3. The summed E-state index contributed by atoms with van der Waals surface area (Å²) in [4.78, 5) is 12.1. The molecule has 0 aromatic heterocycles. The summed E-state index contributed by atoms with van der Waals surface area (Å²) < 4.78 is 5.39. The second-order valence-electron chi connectivity index (χ2n) is 4.91. The number of nitrogens with two attached hydrogens (primary N) is 1. The van der Waals surface area contributed by atoms with Gasteiger partial charge >= 0.3 is 0 Å². The summed E-state index contributed by atoms with van der Waals surface area (Å²) in [5.74, 6) is 0.142. The van der Waals surface area contributed by atoms with Crippen LogP contribution in [0.5, 0.6) is 0 Å². The molecule has 1 amide bonds. The molecule has 0 saturated carbocycles. The minimum Gasteiger partial charge on any atom is -0.380 e. The quantitative estimate of drug-likeness (QED) is 0.790. The number of carbonyl (C=O) groups is 1. The van der Waals surface area contributed by atoms with Gasteiger partial charge in [0.2, 0.25) is 5.91 Å². The summed E-state index contributed by atoms with van der Waals surface area (Å²) in [7, 11) is 0. The van der Waals surface area contributed by atoms with E-state index in [1.54, 1.807) is 0 Å². The molecular weight excluding hydrogens is 240 g/mol. The summed E-state index contributed by atoms with van der Waals surface area (Å²) in [6.45, 7) is 7.20. The lowest BCUT2D eigenvalue weighted by Crippen LogP contribution is -2.45. The SMILES string of the molecule is CCOCC(NC(=O)C(N)c1ccccc1)C(C)C. The van der Waals surface area contributed by atoms with Crippen molar-refractivity contribution >= 4 is 5.91 Å². The van der Waals surface area contributed by atoms with Crippen molar-refractivity contribution in [3.05, 3.63) is 35.9 Å². The Bertz CT molecular complexity index is 379. The van der Waals surface area contributed by atoms with E-state index in [-0.39, 0.29) is 11.9 Å². The highest BCUT2D eigenvalue weighted by molar-refractivity contribution is 5.83. The van der Waals surface area contributed by atoms with Crippen LogP contribution >= 0.6 is 0 Å². The van der Waals surface area contributed by atoms with Crippen LogP contribution < -0.4 is 11.1 Å². The number of rotatable bonds is 7. The Kier molecular flexibility index (Phi) is 6.53. The molecule has 0 spiro atoms. The van der Waals surface area contributed by atoms with Crippen molar-refractivity contribution in [1.29, 1.82) is 0 Å². The molecule has 3 N–H and O–H groups in total. The van der Waals surface area contributed by atoms with Gasteiger partial charge in [-0.25, -0.2) is 0 Å². The number of carbonyl (C=O) groups excluding carboxylic acids is 1. The summed E-state index contributed by atoms with van der Waals surface area (Å²) in [6.07, 6.45) is 0. The zero-order chi connectivity index (χ0) is 14.3. The van der Waals surface area contributed by atoms with Crippen LogP contribution in [0.15, 0.2) is 30.3 Å². The van der Waals surface area contributed by atoms with Crippen LogP contribution in [-0.2, 0) is 9.53 Å². The van der Waals surface area contributed by atoms with E-state index in [9.17, 15) is 4.79 Å². The Morgan fingerprint density at radius 1 is 1.32 bits per heavy atom. The molecule has 0 saturated heterocycles. The predicted molar refractivity (Wildman–Crippen MR) is 76.6 cm³/mol. The Morgan fingerprint density at radius 2 is 1.95 bits per heavy atom. The average molecular weight is 264 g/mol. The molecule has 4 nitrogen and oxygen atoms in total. The number of benzene rings is 1. The summed E-state index contributed by atoms with van der Waals surface area (Å²) in [5.41, 5.74) is 6.78. The highest BCUT2D eigenvalue weighted by atomic mass is 16.5. The molecule has 0 fully saturated rings. The van der Waals surface area contributed by atoms with Crippen LogP contribution in [0.4, 0.5) is 0 Å². The third-order valence-corrected chi connectivity index (χ3v) is 3.08. The molecule has 1 rings (SSSR count). The van der Waals surface area contributed by atoms with Crippen molar-refractivity contribution in [1.82, 2.24) is 5.32 Å². The van der Waals surface area contributed by atoms with Crippen molar-refractivity contribution in [3.63, 3.8) is 0 Å². The number of amides is 1. The maximum Gasteiger partial charge on any atom is 0.241 e. The molecule has 0 aliphatic rings. The van der Waals surface area contributed by atoms with Gasteiger partial charge in [-0.3, -0.25) is 4.79 Å². The topological polar surface area (TPSA) is 64.3 Å². The minimum atomic E-state index is -0.635. The molecule has 106 valence electrons. The summed E-state index contributed by atoms with van der Waals surface area (Å²) >= 11 is 0. The van der Waals surface area contributed by atoms with Gasteiger partial charge < -0.3 is 15.8 Å². The second kappa shape index (κ2) is 7.92. The molecule has 0 aliphatic carbocycles. The van der Waals surface area contributed by atoms with Gasteiger partial charge in [-0.15, -0.1) is 0 Å². The average Bonchev–Trinajstić information content (AvgIpc) is 2.43. The normalized spacial score (nSPS) is 14.2. The van der Waals surface area contributed by atoms with Gasteiger partial charge in [-0.2, -0.15) is 0 Å². The monoisotopic (exact) mass is 264 g/mol. The maximum atomic E-state index is 12.1. The maximum absolute atomic E-state index is 12.1. The Balaban J connectivity index is 2.61. The van der Waals surface area contributed by atoms with Crippen LogP contribution in [0, 0.1) is 5.92 Å². The van der Waals surface area contributed by atoms with E-state index >= 15 is 0 Å². The Labute approximate surface area is 115 Å². The molecule has 19 heavy (non-hydrogen) atoms. The largest absolute Gasteiger partial charge is 0.380 e. The van der Waals surface area contributed by atoms with Gasteiger partial charge in [0.05, 0.1) is 12.6 Å². The van der Waals surface area contributed by atoms with E-state index in [0.717, 1.165) is 5.56 Å². The van der Waals surface area contributed by atoms with E-state index in [2.05, 4.69) is 19.2 Å². The fourth-order valence-corrected chi connectivity index (χ4v) is 1.73. The van der Waals surface area contributed by atoms with E-state index in [1.807, 2.05) is 37.3 Å². The van der Waals surface area contributed by atoms with Gasteiger partial charge in [0.1, 0.15) is 6.04 Å². The van der Waals surface area contributed by atoms with Crippen LogP contribution in [0.25, 0.3) is 0 Å². The van der Waals surface area contributed by atoms with Gasteiger partial charge in [-0.05, 0) is 18.4 Å². The highest BCUT2D eigenvalue weighted by Crippen LogP contribution is 2.11. The third kappa shape index (κ3) is 5.01. The first-order valence-electron chi connectivity index (χ1n) is 6.74. The van der Waals surface area contributed by atoms with Crippen molar-refractivity contribution in [2.45, 2.75) is 32.9 Å². The van der Waals surface area contributed by atoms with Crippen LogP contribution in [-0.4, -0.2) is 25.2 Å². The molecule has 1 aromatic rings. The van der Waals surface area contributed by atoms with Crippen molar-refractivity contribution < 1.29 is 9.53 Å². The smallest absolute Gasteiger partial charge is 0.241 e. The first-order chi connectivity index (χ1) is 9.06. The fraction of sp³-hybridized carbons (Fsp3) is 0.533. The van der Waals surface area contributed by atoms with Gasteiger partial charge in [0.15, 0.2) is 0 Å². The minimum absolute atomic E-state index is 0.0118. The lowest BCUT2D eigenvalue weighted by Gasteiger charge is -2.24. The van der Waals surface area contributed by atoms with Crippen LogP contribution in [0.1, 0.15) is 32.4 Å². The first-order valence-corrected chi connectivity index (χ1v) is 6.74. The molecular formula is C15H24N2O2. The lowest BCUT2D eigenvalue weighted by molar-refractivity contribution is -0.124. The fourth-order valence-electron chi connectivity index (χ4n) is 1.73. The first kappa shape index (κ1) is 15.7. The Morgan fingerprint density at radius 3 is 2.47 bits per heavy atom. The predicted octanol–water partition coefficient (Wildman–Crippen LogP) is 1.86. The third-order valence-electron chi connectivity index (χ3n) is 3.08. The number of ether oxygens (including phenoxy) is 1. The van der Waals surface area contributed by atoms with E-state index in [1.165, 1.54) is 0 Å². The van der Waals surface area contributed by atoms with Gasteiger partial charge in [0.25, 0.3) is 0 Å². The molecule has 2 unspecified atom stereocenters. The second-order valence-corrected chi connectivity index (χ2v) is 4.91. The Hall–Kier alpha value is -1.39. The summed E-state index contributed by atoms with van der Waals surface area (Å²) in [5, 5.41) is 2.96. The van der Waals surface area contributed by atoms with Crippen molar-refractivity contribution in [3.8, 4) is 0 Å². The van der Waals surface area contributed by atoms with Gasteiger partial charge in [0, 0.05) is 6.61 Å². The molecule has 0 bridgehead atoms. The highest BCUT2D eigenvalue weighted by Gasteiger charge is 2.21. The van der Waals surface area contributed by atoms with E-state index < -0.39 is 6.04 Å². The van der Waals surface area contributed by atoms with Crippen molar-refractivity contribution in [2.75, 3.05) is 13.2 Å². The standard InChI is InChI=1S/C15H24N2O2/c1-4-19-10-13(11(2)3)17-15(18)14(16)12-8-6-5-7-9-12/h5-9,11,13-14H,4,10,16H2,1-3H3,(H,17,18). The van der Waals surface area contributed by atoms with Gasteiger partial charge in [-0.1, -0.05) is 44.2 Å². The van der Waals surface area contributed by atoms with Crippen LogP contribution in [0.3, 0.4) is 0 Å². The van der Waals surface area contributed by atoms with E-state index in [0.29, 0.717) is 19.1 Å². The van der Waals surface area contributed by atoms with E-state index in [4.69, 9.17) is 10.5 Å². The molecule has 2 atom stereocenters. The molecule has 0 radical (unpaired) electrons. The molecule has 0 heterocycles. The molecule has 1 aromatic carbocycles. The zero-order valence-electron chi connectivity index (χ0n) is 11.9. The zero-order valence-corrected chi connectivity index (χ0v) is 11.9.